The van der Waals surface area contributed by atoms with E-state index in [0.717, 1.165) is 0 Å². The Morgan fingerprint density at radius 2 is 2.15 bits per heavy atom. The summed E-state index contributed by atoms with van der Waals surface area (Å²) >= 11 is 2.66. The minimum atomic E-state index is -3.60. The van der Waals surface area contributed by atoms with E-state index in [4.69, 9.17) is 4.74 Å². The van der Waals surface area contributed by atoms with Gasteiger partial charge in [0.15, 0.2) is 4.34 Å². The van der Waals surface area contributed by atoms with Crippen molar-refractivity contribution in [2.24, 2.45) is 0 Å². The molecule has 1 amide bonds. The first kappa shape index (κ1) is 19.2. The van der Waals surface area contributed by atoms with Crippen LogP contribution in [0.2, 0.25) is 0 Å². The molecule has 1 aromatic heterocycles. The second-order valence-electron chi connectivity index (χ2n) is 5.50. The Hall–Kier alpha value is -1.53. The highest BCUT2D eigenvalue weighted by Gasteiger charge is 2.26. The van der Waals surface area contributed by atoms with Gasteiger partial charge in [-0.25, -0.2) is 8.42 Å². The number of nitrogens with one attached hydrogen (secondary N) is 1. The minimum Gasteiger partial charge on any atom is -0.379 e. The van der Waals surface area contributed by atoms with Gasteiger partial charge in [-0.15, -0.1) is 10.2 Å². The Morgan fingerprint density at radius 1 is 1.38 bits per heavy atom. The van der Waals surface area contributed by atoms with Crippen molar-refractivity contribution in [3.8, 4) is 0 Å². The van der Waals surface area contributed by atoms with Gasteiger partial charge in [0, 0.05) is 18.8 Å². The quantitative estimate of drug-likeness (QED) is 0.718. The molecule has 1 aromatic carbocycles. The molecule has 8 nitrogen and oxygen atoms in total. The van der Waals surface area contributed by atoms with Crippen molar-refractivity contribution in [2.45, 2.75) is 21.4 Å². The first-order valence-electron chi connectivity index (χ1n) is 7.88. The molecule has 1 saturated heterocycles. The van der Waals surface area contributed by atoms with Crippen molar-refractivity contribution < 1.29 is 17.9 Å². The highest BCUT2D eigenvalue weighted by atomic mass is 32.2. The predicted octanol–water partition coefficient (Wildman–Crippen LogP) is 1.68. The third kappa shape index (κ3) is 4.60. The fourth-order valence-corrected chi connectivity index (χ4v) is 5.41. The zero-order valence-electron chi connectivity index (χ0n) is 14.0. The Balaban J connectivity index is 1.69. The van der Waals surface area contributed by atoms with Gasteiger partial charge in [-0.1, -0.05) is 29.2 Å². The molecule has 3 rings (SSSR count). The van der Waals surface area contributed by atoms with Crippen LogP contribution in [0, 0.1) is 0 Å². The van der Waals surface area contributed by atoms with Gasteiger partial charge < -0.3 is 10.1 Å². The van der Waals surface area contributed by atoms with E-state index in [0.29, 0.717) is 36.3 Å². The fraction of sp³-hybridized carbons (Fsp3) is 0.400. The molecule has 1 fully saturated rings. The van der Waals surface area contributed by atoms with E-state index >= 15 is 0 Å². The summed E-state index contributed by atoms with van der Waals surface area (Å²) in [4.78, 5) is 12.5. The molecule has 0 bridgehead atoms. The van der Waals surface area contributed by atoms with Gasteiger partial charge in [-0.2, -0.15) is 4.31 Å². The molecule has 1 N–H and O–H groups in total. The van der Waals surface area contributed by atoms with Crippen LogP contribution < -0.4 is 5.32 Å². The Kier molecular flexibility index (Phi) is 6.24. The molecule has 1 atom stereocenters. The Bertz CT molecular complexity index is 852. The standard InChI is InChI=1S/C15H18N4O4S3/c1-11(25-15-18-16-10-24-15)14(20)17-12-3-2-4-13(9-12)26(21,22)19-5-7-23-8-6-19/h2-4,9-11H,5-8H2,1H3,(H,17,20). The van der Waals surface area contributed by atoms with Gasteiger partial charge in [0.1, 0.15) is 5.51 Å². The van der Waals surface area contributed by atoms with Crippen molar-refractivity contribution in [1.29, 1.82) is 0 Å². The molecular formula is C15H18N4O4S3. The lowest BCUT2D eigenvalue weighted by molar-refractivity contribution is -0.115. The lowest BCUT2D eigenvalue weighted by atomic mass is 10.3. The predicted molar refractivity (Wildman–Crippen MR) is 99.9 cm³/mol. The summed E-state index contributed by atoms with van der Waals surface area (Å²) in [5.41, 5.74) is 2.04. The topological polar surface area (TPSA) is 101 Å². The number of carbonyl (C=O) groups excluding carboxylic acids is 1. The van der Waals surface area contributed by atoms with Crippen LogP contribution in [0.25, 0.3) is 0 Å². The average molecular weight is 415 g/mol. The maximum atomic E-state index is 12.7. The monoisotopic (exact) mass is 414 g/mol. The van der Waals surface area contributed by atoms with Crippen LogP contribution in [0.3, 0.4) is 0 Å². The number of carbonyl (C=O) groups is 1. The van der Waals surface area contributed by atoms with Gasteiger partial charge in [0.25, 0.3) is 0 Å². The molecule has 11 heteroatoms. The average Bonchev–Trinajstić information content (AvgIpc) is 3.15. The van der Waals surface area contributed by atoms with E-state index in [1.54, 1.807) is 24.6 Å². The lowest BCUT2D eigenvalue weighted by Gasteiger charge is -2.26. The Morgan fingerprint density at radius 3 is 2.85 bits per heavy atom. The number of benzene rings is 1. The first-order valence-corrected chi connectivity index (χ1v) is 11.1. The molecule has 2 aromatic rings. The van der Waals surface area contributed by atoms with Gasteiger partial charge >= 0.3 is 0 Å². The van der Waals surface area contributed by atoms with E-state index in [1.807, 2.05) is 0 Å². The number of amides is 1. The number of rotatable bonds is 6. The molecule has 1 aliphatic rings. The summed E-state index contributed by atoms with van der Waals surface area (Å²) in [6.07, 6.45) is 0. The van der Waals surface area contributed by atoms with E-state index in [1.165, 1.54) is 39.5 Å². The number of anilines is 1. The molecule has 140 valence electrons. The first-order chi connectivity index (χ1) is 12.5. The van der Waals surface area contributed by atoms with Crippen molar-refractivity contribution in [3.63, 3.8) is 0 Å². The van der Waals surface area contributed by atoms with Crippen LogP contribution in [0.4, 0.5) is 5.69 Å². The lowest BCUT2D eigenvalue weighted by Crippen LogP contribution is -2.40. The fourth-order valence-electron chi connectivity index (χ4n) is 2.33. The summed E-state index contributed by atoms with van der Waals surface area (Å²) in [7, 11) is -3.60. The molecule has 1 unspecified atom stereocenters. The van der Waals surface area contributed by atoms with Crippen molar-refractivity contribution in [1.82, 2.24) is 14.5 Å². The minimum absolute atomic E-state index is 0.154. The number of nitrogens with zero attached hydrogens (tertiary/aromatic N) is 3. The second kappa shape index (κ2) is 8.44. The molecule has 0 saturated carbocycles. The molecule has 0 aliphatic carbocycles. The number of hydrogen-bond donors (Lipinski definition) is 1. The van der Waals surface area contributed by atoms with Crippen molar-refractivity contribution in [2.75, 3.05) is 31.6 Å². The summed E-state index contributed by atoms with van der Waals surface area (Å²) < 4.78 is 32.7. The molecule has 0 radical (unpaired) electrons. The summed E-state index contributed by atoms with van der Waals surface area (Å²) in [6.45, 7) is 3.19. The molecule has 2 heterocycles. The molecule has 26 heavy (non-hydrogen) atoms. The van der Waals surface area contributed by atoms with Crippen molar-refractivity contribution in [3.05, 3.63) is 29.8 Å². The van der Waals surface area contributed by atoms with Gasteiger partial charge in [-0.3, -0.25) is 4.79 Å². The zero-order valence-corrected chi connectivity index (χ0v) is 16.4. The Labute approximate surface area is 160 Å². The van der Waals surface area contributed by atoms with E-state index in [2.05, 4.69) is 15.5 Å². The van der Waals surface area contributed by atoms with E-state index in [9.17, 15) is 13.2 Å². The smallest absolute Gasteiger partial charge is 0.243 e. The van der Waals surface area contributed by atoms with Gasteiger partial charge in [-0.05, 0) is 25.1 Å². The van der Waals surface area contributed by atoms with E-state index in [-0.39, 0.29) is 16.1 Å². The molecule has 0 spiro atoms. The maximum absolute atomic E-state index is 12.7. The number of ether oxygens (including phenoxy) is 1. The third-order valence-electron chi connectivity index (χ3n) is 3.70. The zero-order chi connectivity index (χ0) is 18.6. The van der Waals surface area contributed by atoms with Gasteiger partial charge in [0.2, 0.25) is 15.9 Å². The van der Waals surface area contributed by atoms with Crippen LogP contribution in [-0.2, 0) is 19.6 Å². The van der Waals surface area contributed by atoms with Crippen molar-refractivity contribution >= 4 is 44.7 Å². The summed E-state index contributed by atoms with van der Waals surface area (Å²) in [6, 6.07) is 6.29. The highest BCUT2D eigenvalue weighted by molar-refractivity contribution is 8.02. The molecule has 1 aliphatic heterocycles. The largest absolute Gasteiger partial charge is 0.379 e. The van der Waals surface area contributed by atoms with Crippen LogP contribution in [0.15, 0.2) is 39.0 Å². The van der Waals surface area contributed by atoms with Crippen LogP contribution >= 0.6 is 23.1 Å². The summed E-state index contributed by atoms with van der Waals surface area (Å²) in [5.74, 6) is -0.230. The molecular weight excluding hydrogens is 396 g/mol. The number of hydrogen-bond acceptors (Lipinski definition) is 8. The van der Waals surface area contributed by atoms with Crippen LogP contribution in [0.5, 0.6) is 0 Å². The van der Waals surface area contributed by atoms with Crippen LogP contribution in [-0.4, -0.2) is 60.4 Å². The highest BCUT2D eigenvalue weighted by Crippen LogP contribution is 2.26. The SMILES string of the molecule is CC(Sc1nncs1)C(=O)Nc1cccc(S(=O)(=O)N2CCOCC2)c1. The maximum Gasteiger partial charge on any atom is 0.243 e. The van der Waals surface area contributed by atoms with Crippen LogP contribution in [0.1, 0.15) is 6.92 Å². The number of morpholine rings is 1. The number of thioether (sulfide) groups is 1. The van der Waals surface area contributed by atoms with E-state index < -0.39 is 10.0 Å². The number of sulfonamides is 1. The normalized spacial score (nSPS) is 17.0. The number of aromatic nitrogens is 2. The third-order valence-corrected chi connectivity index (χ3v) is 7.50. The second-order valence-corrected chi connectivity index (χ2v) is 9.86. The van der Waals surface area contributed by atoms with Gasteiger partial charge in [0.05, 0.1) is 23.4 Å². The summed E-state index contributed by atoms with van der Waals surface area (Å²) in [5, 5.41) is 10.0.